The van der Waals surface area contributed by atoms with Gasteiger partial charge in [-0.1, -0.05) is 12.6 Å². The number of carbonyl (C=O) groups is 1. The van der Waals surface area contributed by atoms with Gasteiger partial charge in [-0.2, -0.15) is 5.10 Å². The topological polar surface area (TPSA) is 75.0 Å². The fourth-order valence-electron chi connectivity index (χ4n) is 6.03. The van der Waals surface area contributed by atoms with Crippen molar-refractivity contribution < 1.29 is 9.53 Å². The van der Waals surface area contributed by atoms with Gasteiger partial charge in [-0.05, 0) is 55.0 Å². The van der Waals surface area contributed by atoms with Crippen molar-refractivity contribution >= 4 is 23.0 Å². The van der Waals surface area contributed by atoms with Crippen LogP contribution in [0.3, 0.4) is 0 Å². The molecule has 1 amide bonds. The fourth-order valence-corrected chi connectivity index (χ4v) is 6.03. The van der Waals surface area contributed by atoms with Crippen LogP contribution in [0.1, 0.15) is 41.9 Å². The van der Waals surface area contributed by atoms with Crippen LogP contribution in [0.25, 0.3) is 5.57 Å². The molecule has 0 unspecified atom stereocenters. The van der Waals surface area contributed by atoms with Crippen LogP contribution in [0.5, 0.6) is 5.75 Å². The summed E-state index contributed by atoms with van der Waals surface area (Å²) in [7, 11) is 1.95. The quantitative estimate of drug-likeness (QED) is 0.671. The van der Waals surface area contributed by atoms with Gasteiger partial charge in [-0.25, -0.2) is 0 Å². The minimum absolute atomic E-state index is 0.0539. The van der Waals surface area contributed by atoms with Gasteiger partial charge in [0.25, 0.3) is 0 Å². The van der Waals surface area contributed by atoms with E-state index in [1.54, 1.807) is 0 Å². The van der Waals surface area contributed by atoms with E-state index in [1.165, 1.54) is 17.2 Å². The number of amidine groups is 1. The van der Waals surface area contributed by atoms with Crippen LogP contribution >= 0.6 is 0 Å². The zero-order valence-electron chi connectivity index (χ0n) is 21.2. The zero-order valence-corrected chi connectivity index (χ0v) is 21.2. The lowest BCUT2D eigenvalue weighted by molar-refractivity contribution is -0.127. The minimum atomic E-state index is 0.0539. The predicted molar refractivity (Wildman–Crippen MR) is 141 cm³/mol. The predicted octanol–water partition coefficient (Wildman–Crippen LogP) is 3.37. The van der Waals surface area contributed by atoms with Crippen molar-refractivity contribution in [2.75, 3.05) is 44.6 Å². The van der Waals surface area contributed by atoms with Crippen LogP contribution in [0.15, 0.2) is 47.7 Å². The van der Waals surface area contributed by atoms with Gasteiger partial charge in [0.15, 0.2) is 0 Å². The molecule has 0 radical (unpaired) electrons. The largest absolute Gasteiger partial charge is 0.486 e. The summed E-state index contributed by atoms with van der Waals surface area (Å²) in [6.07, 6.45) is 8.40. The number of fused-ring (bicyclic) bond motifs is 2. The maximum atomic E-state index is 11.9. The first-order valence-corrected chi connectivity index (χ1v) is 13.0. The van der Waals surface area contributed by atoms with Crippen molar-refractivity contribution in [2.24, 2.45) is 12.0 Å². The number of ether oxygens (including phenoxy) is 1. The molecular formula is C28H34N6O2. The Kier molecular flexibility index (Phi) is 5.91. The molecule has 2 aromatic rings. The molecule has 1 aromatic carbocycles. The molecule has 188 valence electrons. The van der Waals surface area contributed by atoms with Crippen molar-refractivity contribution in [3.63, 3.8) is 0 Å². The molecule has 5 heterocycles. The summed E-state index contributed by atoms with van der Waals surface area (Å²) in [4.78, 5) is 21.2. The third kappa shape index (κ3) is 4.13. The molecule has 1 aromatic heterocycles. The minimum Gasteiger partial charge on any atom is -0.486 e. The number of aryl methyl sites for hydroxylation is 2. The average molecular weight is 487 g/mol. The number of anilines is 1. The number of piperidine rings is 1. The highest BCUT2D eigenvalue weighted by Crippen LogP contribution is 2.40. The van der Waals surface area contributed by atoms with E-state index in [-0.39, 0.29) is 5.91 Å². The van der Waals surface area contributed by atoms with Crippen LogP contribution in [0.4, 0.5) is 5.69 Å². The van der Waals surface area contributed by atoms with Crippen LogP contribution in [-0.4, -0.2) is 76.7 Å². The van der Waals surface area contributed by atoms with Gasteiger partial charge in [0.2, 0.25) is 5.91 Å². The Bertz CT molecular complexity index is 1260. The Morgan fingerprint density at radius 1 is 1.22 bits per heavy atom. The van der Waals surface area contributed by atoms with Gasteiger partial charge in [0, 0.05) is 69.1 Å². The first-order valence-electron chi connectivity index (χ1n) is 13.0. The van der Waals surface area contributed by atoms with E-state index >= 15 is 0 Å². The second kappa shape index (κ2) is 9.24. The number of nitrogens with one attached hydrogen (secondary N) is 1. The molecule has 6 rings (SSSR count). The average Bonchev–Trinajstić information content (AvgIpc) is 3.19. The fraction of sp³-hybridized carbons (Fsp3) is 0.464. The molecule has 8 nitrogen and oxygen atoms in total. The number of amides is 1. The highest BCUT2D eigenvalue weighted by atomic mass is 16.5. The number of benzene rings is 1. The van der Waals surface area contributed by atoms with Crippen LogP contribution in [-0.2, 0) is 11.8 Å². The zero-order chi connectivity index (χ0) is 24.8. The van der Waals surface area contributed by atoms with E-state index in [0.29, 0.717) is 18.6 Å². The second-order valence-corrected chi connectivity index (χ2v) is 10.4. The maximum absolute atomic E-state index is 11.9. The number of nitrogens with zero attached hydrogens (tertiary/aromatic N) is 5. The lowest BCUT2D eigenvalue weighted by Crippen LogP contribution is -2.54. The Labute approximate surface area is 212 Å². The molecule has 0 bridgehead atoms. The van der Waals surface area contributed by atoms with Gasteiger partial charge in [0.05, 0.1) is 11.9 Å². The second-order valence-electron chi connectivity index (χ2n) is 10.4. The summed E-state index contributed by atoms with van der Waals surface area (Å²) in [6, 6.07) is 5.12. The van der Waals surface area contributed by atoms with Crippen LogP contribution in [0.2, 0.25) is 0 Å². The molecule has 0 spiro atoms. The molecule has 36 heavy (non-hydrogen) atoms. The summed E-state index contributed by atoms with van der Waals surface area (Å²) < 4.78 is 8.21. The van der Waals surface area contributed by atoms with E-state index in [0.717, 1.165) is 86.0 Å². The molecule has 0 saturated carbocycles. The first-order chi connectivity index (χ1) is 17.5. The van der Waals surface area contributed by atoms with Crippen molar-refractivity contribution in [3.05, 3.63) is 59.4 Å². The Balaban J connectivity index is 1.16. The van der Waals surface area contributed by atoms with Gasteiger partial charge in [0.1, 0.15) is 18.2 Å². The normalized spacial score (nSPS) is 20.9. The van der Waals surface area contributed by atoms with Crippen molar-refractivity contribution in [2.45, 2.75) is 38.1 Å². The molecule has 2 fully saturated rings. The molecule has 1 N–H and O–H groups in total. The Hall–Kier alpha value is -3.39. The van der Waals surface area contributed by atoms with E-state index in [1.807, 2.05) is 22.8 Å². The molecular weight excluding hydrogens is 452 g/mol. The number of hydrogen-bond acceptors (Lipinski definition) is 6. The summed E-state index contributed by atoms with van der Waals surface area (Å²) in [5, 5.41) is 7.99. The number of dihydropyridines is 1. The third-order valence-electron chi connectivity index (χ3n) is 8.09. The first kappa shape index (κ1) is 23.0. The van der Waals surface area contributed by atoms with E-state index in [4.69, 9.17) is 9.73 Å². The van der Waals surface area contributed by atoms with Gasteiger partial charge in [-0.15, -0.1) is 0 Å². The number of hydrogen-bond donors (Lipinski definition) is 1. The van der Waals surface area contributed by atoms with E-state index in [2.05, 4.69) is 47.1 Å². The monoisotopic (exact) mass is 486 g/mol. The lowest BCUT2D eigenvalue weighted by atomic mass is 9.87. The Morgan fingerprint density at radius 3 is 2.75 bits per heavy atom. The highest BCUT2D eigenvalue weighted by molar-refractivity contribution is 6.14. The number of aliphatic imine (C=N–C) groups is 1. The Morgan fingerprint density at radius 2 is 2.03 bits per heavy atom. The van der Waals surface area contributed by atoms with Crippen LogP contribution in [0, 0.1) is 6.92 Å². The summed E-state index contributed by atoms with van der Waals surface area (Å²) in [5.41, 5.74) is 7.06. The molecule has 0 aliphatic carbocycles. The van der Waals surface area contributed by atoms with E-state index in [9.17, 15) is 4.79 Å². The summed E-state index contributed by atoms with van der Waals surface area (Å²) in [5.74, 6) is 2.41. The van der Waals surface area contributed by atoms with Crippen molar-refractivity contribution in [3.8, 4) is 5.75 Å². The third-order valence-corrected chi connectivity index (χ3v) is 8.09. The van der Waals surface area contributed by atoms with E-state index < -0.39 is 0 Å². The number of carbonyl (C=O) groups excluding carboxylic acids is 1. The smallest absolute Gasteiger partial charge is 0.245 e. The van der Waals surface area contributed by atoms with Crippen molar-refractivity contribution in [1.82, 2.24) is 19.6 Å². The SMILES string of the molecule is C=CC(=O)N1CCC(N2CC(c3cc(C)c4c(c3)NC3=NCCC(c5cnn(C)c5)=C3CO4)C2)CC1. The standard InChI is InChI=1S/C28H34N6O2/c1-4-26(35)33-9-6-22(7-10-33)34-15-21(16-34)19-11-18(2)27-25(12-19)31-28-24(17-36-27)23(5-8-29-28)20-13-30-32(3)14-20/h4,11-14,21-22H,1,5-10,15-17H2,2-3H3,(H,29,31). The van der Waals surface area contributed by atoms with Gasteiger partial charge >= 0.3 is 0 Å². The molecule has 8 heteroatoms. The molecule has 2 saturated heterocycles. The number of rotatable bonds is 4. The highest BCUT2D eigenvalue weighted by Gasteiger charge is 2.36. The molecule has 4 aliphatic heterocycles. The van der Waals surface area contributed by atoms with Gasteiger partial charge in [-0.3, -0.25) is 19.4 Å². The van der Waals surface area contributed by atoms with Crippen molar-refractivity contribution in [1.29, 1.82) is 0 Å². The van der Waals surface area contributed by atoms with Crippen LogP contribution < -0.4 is 10.1 Å². The lowest BCUT2D eigenvalue weighted by Gasteiger charge is -2.47. The number of aromatic nitrogens is 2. The van der Waals surface area contributed by atoms with Gasteiger partial charge < -0.3 is 15.0 Å². The summed E-state index contributed by atoms with van der Waals surface area (Å²) in [6.45, 7) is 10.8. The molecule has 4 aliphatic rings. The molecule has 0 atom stereocenters. The number of likely N-dealkylation sites (tertiary alicyclic amines) is 2. The maximum Gasteiger partial charge on any atom is 0.245 e. The summed E-state index contributed by atoms with van der Waals surface area (Å²) >= 11 is 0.